The second kappa shape index (κ2) is 4.92. The molecule has 3 aromatic rings. The highest BCUT2D eigenvalue weighted by Crippen LogP contribution is 2.31. The van der Waals surface area contributed by atoms with Gasteiger partial charge in [-0.3, -0.25) is 15.1 Å². The topological polar surface area (TPSA) is 73.8 Å². The Morgan fingerprint density at radius 1 is 1.24 bits per heavy atom. The Kier molecular flexibility index (Phi) is 3.21. The third-order valence-corrected chi connectivity index (χ3v) is 4.55. The lowest BCUT2D eigenvalue weighted by atomic mass is 10.1. The Labute approximate surface area is 128 Å². The molecule has 21 heavy (non-hydrogen) atoms. The number of benzene rings is 1. The molecule has 0 bridgehead atoms. The molecular weight excluding hydrogens is 336 g/mol. The first-order chi connectivity index (χ1) is 10.0. The number of nitro benzene ring substituents is 1. The molecule has 0 radical (unpaired) electrons. The molecule has 106 valence electrons. The van der Waals surface area contributed by atoms with Crippen molar-refractivity contribution in [3.05, 3.63) is 56.6 Å². The lowest BCUT2D eigenvalue weighted by molar-refractivity contribution is -0.383. The van der Waals surface area contributed by atoms with Gasteiger partial charge >= 0.3 is 0 Å². The number of aromatic nitrogens is 3. The van der Waals surface area contributed by atoms with E-state index >= 15 is 0 Å². The zero-order valence-electron chi connectivity index (χ0n) is 11.4. The normalized spacial score (nSPS) is 11.0. The fourth-order valence-electron chi connectivity index (χ4n) is 2.36. The maximum atomic E-state index is 11.1. The van der Waals surface area contributed by atoms with Gasteiger partial charge in [0.25, 0.3) is 5.69 Å². The van der Waals surface area contributed by atoms with Crippen LogP contribution in [0.5, 0.6) is 0 Å². The maximum absolute atomic E-state index is 11.1. The monoisotopic (exact) mass is 346 g/mol. The molecular formula is C14H11BrN4O2. The second-order valence-electron chi connectivity index (χ2n) is 4.68. The maximum Gasteiger partial charge on any atom is 0.277 e. The number of aryl methyl sites for hydroxylation is 1. The van der Waals surface area contributed by atoms with Crippen LogP contribution in [0.15, 0.2) is 35.1 Å². The van der Waals surface area contributed by atoms with E-state index in [0.717, 1.165) is 21.5 Å². The van der Waals surface area contributed by atoms with E-state index in [1.165, 1.54) is 6.07 Å². The molecule has 0 unspecified atom stereocenters. The first-order valence-electron chi connectivity index (χ1n) is 6.24. The van der Waals surface area contributed by atoms with Crippen LogP contribution >= 0.6 is 15.9 Å². The van der Waals surface area contributed by atoms with Crippen molar-refractivity contribution in [2.24, 2.45) is 0 Å². The summed E-state index contributed by atoms with van der Waals surface area (Å²) in [6.45, 7) is 3.84. The molecule has 0 atom stereocenters. The van der Waals surface area contributed by atoms with Gasteiger partial charge in [0, 0.05) is 23.8 Å². The quantitative estimate of drug-likeness (QED) is 0.523. The van der Waals surface area contributed by atoms with Crippen molar-refractivity contribution in [1.29, 1.82) is 0 Å². The summed E-state index contributed by atoms with van der Waals surface area (Å²) in [7, 11) is 0. The van der Waals surface area contributed by atoms with Crippen LogP contribution in [0.4, 0.5) is 5.69 Å². The summed E-state index contributed by atoms with van der Waals surface area (Å²) in [4.78, 5) is 14.8. The molecule has 0 aliphatic carbocycles. The summed E-state index contributed by atoms with van der Waals surface area (Å²) in [5.41, 5.74) is 2.64. The number of nitro groups is 1. The van der Waals surface area contributed by atoms with E-state index in [2.05, 4.69) is 26.0 Å². The van der Waals surface area contributed by atoms with Crippen molar-refractivity contribution in [2.45, 2.75) is 13.8 Å². The van der Waals surface area contributed by atoms with Crippen molar-refractivity contribution in [1.82, 2.24) is 14.8 Å². The van der Waals surface area contributed by atoms with Gasteiger partial charge in [0.1, 0.15) is 0 Å². The Bertz CT molecular complexity index is 873. The van der Waals surface area contributed by atoms with Crippen LogP contribution in [0.3, 0.4) is 0 Å². The predicted molar refractivity (Wildman–Crippen MR) is 82.7 cm³/mol. The van der Waals surface area contributed by atoms with Crippen LogP contribution in [0.25, 0.3) is 16.5 Å². The fraction of sp³-hybridized carbons (Fsp3) is 0.143. The minimum absolute atomic E-state index is 0.0664. The number of nitrogens with zero attached hydrogens (tertiary/aromatic N) is 4. The van der Waals surface area contributed by atoms with Crippen LogP contribution in [-0.2, 0) is 0 Å². The number of pyridine rings is 1. The summed E-state index contributed by atoms with van der Waals surface area (Å²) >= 11 is 3.49. The van der Waals surface area contributed by atoms with Crippen LogP contribution in [0.2, 0.25) is 0 Å². The fourth-order valence-corrected chi connectivity index (χ4v) is 2.61. The Morgan fingerprint density at radius 2 is 2.00 bits per heavy atom. The lowest BCUT2D eigenvalue weighted by Crippen LogP contribution is -2.01. The van der Waals surface area contributed by atoms with Gasteiger partial charge in [0.15, 0.2) is 0 Å². The lowest BCUT2D eigenvalue weighted by Gasteiger charge is -2.08. The smallest absolute Gasteiger partial charge is 0.264 e. The molecule has 0 fully saturated rings. The van der Waals surface area contributed by atoms with Gasteiger partial charge in [-0.15, -0.1) is 0 Å². The van der Waals surface area contributed by atoms with Gasteiger partial charge in [0.2, 0.25) is 0 Å². The van der Waals surface area contributed by atoms with Gasteiger partial charge in [0.05, 0.1) is 31.9 Å². The predicted octanol–water partition coefficient (Wildman–Crippen LogP) is 3.71. The zero-order valence-corrected chi connectivity index (χ0v) is 13.0. The number of non-ortho nitro benzene ring substituents is 1. The number of hydrogen-bond acceptors (Lipinski definition) is 4. The Morgan fingerprint density at radius 3 is 2.62 bits per heavy atom. The van der Waals surface area contributed by atoms with Crippen LogP contribution in [0.1, 0.15) is 11.4 Å². The van der Waals surface area contributed by atoms with E-state index in [-0.39, 0.29) is 10.6 Å². The molecule has 0 aliphatic heterocycles. The number of fused-ring (bicyclic) bond motifs is 1. The Hall–Kier alpha value is -2.28. The molecule has 6 nitrogen and oxygen atoms in total. The molecule has 0 spiro atoms. The molecule has 3 rings (SSSR count). The Balaban J connectivity index is 2.37. The minimum Gasteiger partial charge on any atom is -0.264 e. The number of hydrogen-bond donors (Lipinski definition) is 0. The van der Waals surface area contributed by atoms with Gasteiger partial charge in [-0.05, 0) is 41.9 Å². The molecule has 7 heteroatoms. The number of halogens is 1. The third-order valence-electron chi connectivity index (χ3n) is 3.40. The highest BCUT2D eigenvalue weighted by atomic mass is 79.9. The average molecular weight is 347 g/mol. The summed E-state index contributed by atoms with van der Waals surface area (Å²) in [6.07, 6.45) is 3.18. The van der Waals surface area contributed by atoms with E-state index in [1.807, 2.05) is 13.8 Å². The van der Waals surface area contributed by atoms with Gasteiger partial charge < -0.3 is 0 Å². The third kappa shape index (κ3) is 2.09. The molecule has 2 aromatic heterocycles. The highest BCUT2D eigenvalue weighted by molar-refractivity contribution is 9.10. The van der Waals surface area contributed by atoms with E-state index < -0.39 is 0 Å². The van der Waals surface area contributed by atoms with E-state index in [4.69, 9.17) is 0 Å². The van der Waals surface area contributed by atoms with Gasteiger partial charge in [-0.1, -0.05) is 0 Å². The summed E-state index contributed by atoms with van der Waals surface area (Å²) in [5, 5.41) is 16.9. The molecule has 2 heterocycles. The number of rotatable bonds is 2. The van der Waals surface area contributed by atoms with Crippen molar-refractivity contribution in [3.8, 4) is 5.69 Å². The van der Waals surface area contributed by atoms with Crippen LogP contribution in [0, 0.1) is 24.0 Å². The molecule has 1 aromatic carbocycles. The van der Waals surface area contributed by atoms with Gasteiger partial charge in [-0.25, -0.2) is 4.68 Å². The summed E-state index contributed by atoms with van der Waals surface area (Å²) < 4.78 is 2.70. The zero-order chi connectivity index (χ0) is 15.1. The first-order valence-corrected chi connectivity index (χ1v) is 7.03. The summed E-state index contributed by atoms with van der Waals surface area (Å²) in [6, 6.07) is 4.85. The van der Waals surface area contributed by atoms with Crippen LogP contribution in [-0.4, -0.2) is 19.7 Å². The van der Waals surface area contributed by atoms with Crippen molar-refractivity contribution < 1.29 is 4.92 Å². The first kappa shape index (κ1) is 13.7. The average Bonchev–Trinajstić information content (AvgIpc) is 2.73. The van der Waals surface area contributed by atoms with E-state index in [9.17, 15) is 10.1 Å². The summed E-state index contributed by atoms with van der Waals surface area (Å²) in [5.74, 6) is 0. The largest absolute Gasteiger partial charge is 0.277 e. The highest BCUT2D eigenvalue weighted by Gasteiger charge is 2.18. The standard InChI is InChI=1S/C14H11BrN4O2/c1-8-14(15)9(2)18(17-8)12-3-4-13(19(20)21)10-5-6-16-7-11(10)12/h3-7H,1-2H3. The van der Waals surface area contributed by atoms with Crippen molar-refractivity contribution >= 4 is 32.4 Å². The van der Waals surface area contributed by atoms with Crippen molar-refractivity contribution in [2.75, 3.05) is 0 Å². The van der Waals surface area contributed by atoms with E-state index in [1.54, 1.807) is 29.2 Å². The molecule has 0 saturated carbocycles. The van der Waals surface area contributed by atoms with Crippen molar-refractivity contribution in [3.63, 3.8) is 0 Å². The van der Waals surface area contributed by atoms with Gasteiger partial charge in [-0.2, -0.15) is 5.10 Å². The van der Waals surface area contributed by atoms with Crippen LogP contribution < -0.4 is 0 Å². The molecule has 0 saturated heterocycles. The SMILES string of the molecule is Cc1nn(-c2ccc([N+](=O)[O-])c3ccncc23)c(C)c1Br. The van der Waals surface area contributed by atoms with E-state index in [0.29, 0.717) is 10.8 Å². The molecule has 0 amide bonds. The molecule has 0 aliphatic rings. The molecule has 0 N–H and O–H groups in total. The minimum atomic E-state index is -0.386. The second-order valence-corrected chi connectivity index (χ2v) is 5.47.